The largest absolute Gasteiger partial charge is 0.478 e. The zero-order valence-corrected chi connectivity index (χ0v) is 9.60. The van der Waals surface area contributed by atoms with Crippen LogP contribution < -0.4 is 0 Å². The van der Waals surface area contributed by atoms with Crippen LogP contribution in [0.1, 0.15) is 19.8 Å². The maximum absolute atomic E-state index is 10.6. The Morgan fingerprint density at radius 1 is 1.57 bits per heavy atom. The highest BCUT2D eigenvalue weighted by molar-refractivity contribution is 7.99. The van der Waals surface area contributed by atoms with E-state index in [0.717, 1.165) is 24.5 Å². The minimum absolute atomic E-state index is 0.504. The van der Waals surface area contributed by atoms with E-state index in [9.17, 15) is 4.79 Å². The second-order valence-corrected chi connectivity index (χ2v) is 3.96. The van der Waals surface area contributed by atoms with Crippen molar-refractivity contribution in [3.05, 3.63) is 11.6 Å². The summed E-state index contributed by atoms with van der Waals surface area (Å²) >= 11 is 1.73. The highest BCUT2D eigenvalue weighted by Crippen LogP contribution is 2.07. The maximum atomic E-state index is 10.6. The third-order valence-corrected chi connectivity index (χ3v) is 2.72. The van der Waals surface area contributed by atoms with Crippen LogP contribution >= 0.6 is 11.8 Å². The number of methoxy groups -OCH3 is 1. The van der Waals surface area contributed by atoms with E-state index in [2.05, 4.69) is 0 Å². The van der Waals surface area contributed by atoms with Gasteiger partial charge in [0.25, 0.3) is 0 Å². The first-order valence-corrected chi connectivity index (χ1v) is 5.86. The van der Waals surface area contributed by atoms with Gasteiger partial charge in [-0.3, -0.25) is 0 Å². The summed E-state index contributed by atoms with van der Waals surface area (Å²) in [4.78, 5) is 10.6. The molecule has 0 saturated heterocycles. The molecule has 0 aliphatic rings. The Balaban J connectivity index is 3.53. The van der Waals surface area contributed by atoms with Gasteiger partial charge in [0.2, 0.25) is 0 Å². The molecule has 0 aliphatic carbocycles. The molecule has 0 rings (SSSR count). The van der Waals surface area contributed by atoms with Gasteiger partial charge >= 0.3 is 5.97 Å². The summed E-state index contributed by atoms with van der Waals surface area (Å²) in [6, 6.07) is 0. The summed E-state index contributed by atoms with van der Waals surface area (Å²) in [5, 5.41) is 8.72. The fraction of sp³-hybridized carbons (Fsp3) is 0.700. The molecule has 0 aromatic carbocycles. The predicted octanol–water partition coefficient (Wildman–Crippen LogP) is 2.18. The smallest absolute Gasteiger partial charge is 0.331 e. The van der Waals surface area contributed by atoms with Crippen molar-refractivity contribution in [3.8, 4) is 0 Å². The first-order chi connectivity index (χ1) is 6.72. The molecule has 1 N–H and O–H groups in total. The molecule has 0 radical (unpaired) electrons. The molecule has 4 heteroatoms. The van der Waals surface area contributed by atoms with E-state index in [-0.39, 0.29) is 0 Å². The Hall–Kier alpha value is -0.480. The second kappa shape index (κ2) is 9.09. The van der Waals surface area contributed by atoms with Crippen LogP contribution in [0.3, 0.4) is 0 Å². The average molecular weight is 218 g/mol. The Labute approximate surface area is 89.5 Å². The molecule has 0 amide bonds. The average Bonchev–Trinajstić information content (AvgIpc) is 2.16. The van der Waals surface area contributed by atoms with E-state index in [1.54, 1.807) is 24.9 Å². The molecule has 0 aromatic heterocycles. The van der Waals surface area contributed by atoms with Crippen LogP contribution in [0, 0.1) is 0 Å². The van der Waals surface area contributed by atoms with E-state index in [1.807, 2.05) is 6.92 Å². The lowest BCUT2D eigenvalue weighted by Crippen LogP contribution is -1.99. The zero-order valence-electron chi connectivity index (χ0n) is 8.78. The molecule has 0 atom stereocenters. The van der Waals surface area contributed by atoms with Crippen molar-refractivity contribution in [1.29, 1.82) is 0 Å². The van der Waals surface area contributed by atoms with Crippen molar-refractivity contribution in [2.45, 2.75) is 19.8 Å². The summed E-state index contributed by atoms with van der Waals surface area (Å²) in [5.41, 5.74) is 0.504. The van der Waals surface area contributed by atoms with Crippen LogP contribution in [-0.2, 0) is 9.53 Å². The van der Waals surface area contributed by atoms with Gasteiger partial charge in [-0.1, -0.05) is 13.0 Å². The Bertz CT molecular complexity index is 190. The van der Waals surface area contributed by atoms with Gasteiger partial charge in [-0.2, -0.15) is 11.8 Å². The summed E-state index contributed by atoms with van der Waals surface area (Å²) in [5.74, 6) is 0.991. The monoisotopic (exact) mass is 218 g/mol. The lowest BCUT2D eigenvalue weighted by Gasteiger charge is -1.99. The van der Waals surface area contributed by atoms with E-state index >= 15 is 0 Å². The first kappa shape index (κ1) is 13.5. The molecule has 0 aliphatic heterocycles. The second-order valence-electron chi connectivity index (χ2n) is 2.81. The highest BCUT2D eigenvalue weighted by Gasteiger charge is 2.02. The molecule has 0 aromatic rings. The van der Waals surface area contributed by atoms with Gasteiger partial charge in [0.15, 0.2) is 0 Å². The minimum Gasteiger partial charge on any atom is -0.478 e. The third-order valence-electron chi connectivity index (χ3n) is 1.74. The lowest BCUT2D eigenvalue weighted by atomic mass is 10.2. The van der Waals surface area contributed by atoms with Crippen molar-refractivity contribution >= 4 is 17.7 Å². The van der Waals surface area contributed by atoms with E-state index < -0.39 is 5.97 Å². The van der Waals surface area contributed by atoms with Crippen molar-refractivity contribution < 1.29 is 14.6 Å². The van der Waals surface area contributed by atoms with Gasteiger partial charge in [-0.25, -0.2) is 4.79 Å². The summed E-state index contributed by atoms with van der Waals surface area (Å²) in [7, 11) is 1.68. The molecule has 0 spiro atoms. The Morgan fingerprint density at radius 2 is 2.29 bits per heavy atom. The molecular formula is C10H18O3S. The molecule has 0 bridgehead atoms. The Morgan fingerprint density at radius 3 is 2.79 bits per heavy atom. The number of carboxylic acids is 1. The zero-order chi connectivity index (χ0) is 10.8. The fourth-order valence-corrected chi connectivity index (χ4v) is 1.74. The van der Waals surface area contributed by atoms with Crippen molar-refractivity contribution in [3.63, 3.8) is 0 Å². The lowest BCUT2D eigenvalue weighted by molar-refractivity contribution is -0.132. The van der Waals surface area contributed by atoms with E-state index in [4.69, 9.17) is 9.84 Å². The molecule has 14 heavy (non-hydrogen) atoms. The van der Waals surface area contributed by atoms with Gasteiger partial charge in [-0.15, -0.1) is 0 Å². The SMILES string of the molecule is CCC(=CCSCCCOC)C(=O)O. The van der Waals surface area contributed by atoms with Gasteiger partial charge in [0.1, 0.15) is 0 Å². The quantitative estimate of drug-likeness (QED) is 0.501. The van der Waals surface area contributed by atoms with Crippen LogP contribution in [0.25, 0.3) is 0 Å². The predicted molar refractivity (Wildman–Crippen MR) is 59.8 cm³/mol. The number of ether oxygens (including phenoxy) is 1. The van der Waals surface area contributed by atoms with Gasteiger partial charge in [0.05, 0.1) is 0 Å². The van der Waals surface area contributed by atoms with Crippen molar-refractivity contribution in [2.24, 2.45) is 0 Å². The van der Waals surface area contributed by atoms with Gasteiger partial charge in [0, 0.05) is 25.0 Å². The molecule has 82 valence electrons. The highest BCUT2D eigenvalue weighted by atomic mass is 32.2. The fourth-order valence-electron chi connectivity index (χ4n) is 0.931. The molecule has 0 saturated carbocycles. The number of hydrogen-bond acceptors (Lipinski definition) is 3. The standard InChI is InChI=1S/C10H18O3S/c1-3-9(10(11)12)5-8-14-7-4-6-13-2/h5H,3-4,6-8H2,1-2H3,(H,11,12). The van der Waals surface area contributed by atoms with Crippen LogP contribution in [-0.4, -0.2) is 36.3 Å². The van der Waals surface area contributed by atoms with Crippen LogP contribution in [0.2, 0.25) is 0 Å². The summed E-state index contributed by atoms with van der Waals surface area (Å²) in [6.07, 6.45) is 3.40. The number of rotatable bonds is 8. The number of hydrogen-bond donors (Lipinski definition) is 1. The van der Waals surface area contributed by atoms with Crippen LogP contribution in [0.15, 0.2) is 11.6 Å². The summed E-state index contributed by atoms with van der Waals surface area (Å²) < 4.78 is 4.91. The molecule has 0 fully saturated rings. The number of thioether (sulfide) groups is 1. The first-order valence-electron chi connectivity index (χ1n) is 4.71. The van der Waals surface area contributed by atoms with Crippen LogP contribution in [0.4, 0.5) is 0 Å². The van der Waals surface area contributed by atoms with Crippen molar-refractivity contribution in [2.75, 3.05) is 25.2 Å². The van der Waals surface area contributed by atoms with Gasteiger partial charge < -0.3 is 9.84 Å². The normalized spacial score (nSPS) is 11.7. The topological polar surface area (TPSA) is 46.5 Å². The van der Waals surface area contributed by atoms with Crippen LogP contribution in [0.5, 0.6) is 0 Å². The minimum atomic E-state index is -0.801. The number of carboxylic acid groups (broad SMARTS) is 1. The molecular weight excluding hydrogens is 200 g/mol. The van der Waals surface area contributed by atoms with E-state index in [1.165, 1.54) is 0 Å². The number of aliphatic carboxylic acids is 1. The molecule has 0 unspecified atom stereocenters. The third kappa shape index (κ3) is 6.97. The number of carbonyl (C=O) groups is 1. The molecule has 0 heterocycles. The maximum Gasteiger partial charge on any atom is 0.331 e. The molecule has 3 nitrogen and oxygen atoms in total. The van der Waals surface area contributed by atoms with Gasteiger partial charge in [-0.05, 0) is 18.6 Å². The Kier molecular flexibility index (Phi) is 8.78. The summed E-state index contributed by atoms with van der Waals surface area (Å²) in [6.45, 7) is 2.63. The van der Waals surface area contributed by atoms with E-state index in [0.29, 0.717) is 12.0 Å². The van der Waals surface area contributed by atoms with Crippen molar-refractivity contribution in [1.82, 2.24) is 0 Å².